The highest BCUT2D eigenvalue weighted by Crippen LogP contribution is 2.32. The SMILES string of the molecule is C=CC(C)OC(=O)c1ccccc1N1N=C(C(=O)OCC)C[C@@H]1[C@@H](C)OC(=O)C1=C[CH+]C=C/C1=N\N=C\C(=O)OCC. The predicted octanol–water partition coefficient (Wildman–Crippen LogP) is 3.54. The second kappa shape index (κ2) is 15.1. The molecule has 1 aromatic carbocycles. The van der Waals surface area contributed by atoms with Crippen molar-refractivity contribution < 1.29 is 38.1 Å². The number of benzene rings is 1. The predicted molar refractivity (Wildman–Crippen MR) is 156 cm³/mol. The first-order valence-corrected chi connectivity index (χ1v) is 13.4. The summed E-state index contributed by atoms with van der Waals surface area (Å²) in [6.07, 6.45) is 7.43. The number of rotatable bonds is 12. The van der Waals surface area contributed by atoms with Crippen molar-refractivity contribution in [2.45, 2.75) is 52.4 Å². The Balaban J connectivity index is 1.88. The monoisotopic (exact) mass is 577 g/mol. The number of anilines is 1. The first-order valence-electron chi connectivity index (χ1n) is 13.4. The maximum Gasteiger partial charge on any atom is 0.398 e. The average Bonchev–Trinajstić information content (AvgIpc) is 3.43. The van der Waals surface area contributed by atoms with Gasteiger partial charge in [-0.1, -0.05) is 24.8 Å². The standard InChI is InChI=1S/C30H33N4O8/c1-6-19(4)41-29(37)22-14-10-12-16-25(22)34-26(17-24(33-34)30(38)40-8-3)20(5)42-28(36)21-13-9-11-15-23(21)32-31-18-27(35)39-7-2/h6,9-16,18-20,26H,1,7-8,17H2,2-5H3/q+1/b31-18+,32-23+/t19?,20-,26-/m1/s1. The van der Waals surface area contributed by atoms with Crippen LogP contribution in [0.25, 0.3) is 0 Å². The molecule has 0 spiro atoms. The number of carbonyl (C=O) groups is 4. The van der Waals surface area contributed by atoms with E-state index in [4.69, 9.17) is 18.9 Å². The van der Waals surface area contributed by atoms with Gasteiger partial charge in [0.15, 0.2) is 5.57 Å². The van der Waals surface area contributed by atoms with Crippen molar-refractivity contribution >= 4 is 47.2 Å². The average molecular weight is 578 g/mol. The fourth-order valence-electron chi connectivity index (χ4n) is 3.95. The summed E-state index contributed by atoms with van der Waals surface area (Å²) in [5.74, 6) is -2.62. The summed E-state index contributed by atoms with van der Waals surface area (Å²) in [6, 6.07) is 5.94. The molecule has 0 fully saturated rings. The molecule has 220 valence electrons. The number of ether oxygens (including phenoxy) is 4. The highest BCUT2D eigenvalue weighted by molar-refractivity contribution is 6.37. The van der Waals surface area contributed by atoms with Crippen LogP contribution in [0.3, 0.4) is 0 Å². The minimum atomic E-state index is -0.833. The minimum Gasteiger partial charge on any atom is -0.462 e. The van der Waals surface area contributed by atoms with Gasteiger partial charge in [0.1, 0.15) is 24.1 Å². The van der Waals surface area contributed by atoms with Crippen molar-refractivity contribution in [3.05, 3.63) is 72.7 Å². The van der Waals surface area contributed by atoms with Crippen LogP contribution in [0.5, 0.6) is 0 Å². The van der Waals surface area contributed by atoms with E-state index in [9.17, 15) is 19.2 Å². The zero-order valence-corrected chi connectivity index (χ0v) is 23.9. The van der Waals surface area contributed by atoms with Gasteiger partial charge in [-0.05, 0) is 39.8 Å². The molecule has 0 saturated carbocycles. The summed E-state index contributed by atoms with van der Waals surface area (Å²) in [5.41, 5.74) is 0.938. The van der Waals surface area contributed by atoms with Crippen LogP contribution >= 0.6 is 0 Å². The lowest BCUT2D eigenvalue weighted by Gasteiger charge is -2.29. The smallest absolute Gasteiger partial charge is 0.398 e. The Morgan fingerprint density at radius 1 is 1.10 bits per heavy atom. The lowest BCUT2D eigenvalue weighted by molar-refractivity contribution is -0.143. The molecule has 1 heterocycles. The molecule has 1 aliphatic heterocycles. The number of nitrogens with zero attached hydrogens (tertiary/aromatic N) is 4. The van der Waals surface area contributed by atoms with Crippen molar-refractivity contribution in [1.82, 2.24) is 0 Å². The van der Waals surface area contributed by atoms with Gasteiger partial charge in [0.2, 0.25) is 5.71 Å². The molecular formula is C30H33N4O8+. The first-order chi connectivity index (χ1) is 20.2. The fourth-order valence-corrected chi connectivity index (χ4v) is 3.95. The van der Waals surface area contributed by atoms with Gasteiger partial charge in [-0.3, -0.25) is 5.01 Å². The highest BCUT2D eigenvalue weighted by atomic mass is 16.6. The van der Waals surface area contributed by atoms with E-state index in [2.05, 4.69) is 21.9 Å². The van der Waals surface area contributed by atoms with E-state index in [-0.39, 0.29) is 42.2 Å². The van der Waals surface area contributed by atoms with Crippen molar-refractivity contribution in [1.29, 1.82) is 0 Å². The number of para-hydroxylation sites is 1. The maximum absolute atomic E-state index is 13.3. The van der Waals surface area contributed by atoms with Crippen molar-refractivity contribution in [2.75, 3.05) is 18.2 Å². The number of hydrazone groups is 1. The Morgan fingerprint density at radius 3 is 2.55 bits per heavy atom. The number of allylic oxidation sites excluding steroid dienone is 3. The third-order valence-electron chi connectivity index (χ3n) is 6.03. The maximum atomic E-state index is 13.3. The van der Waals surface area contributed by atoms with Gasteiger partial charge in [0.25, 0.3) is 0 Å². The van der Waals surface area contributed by atoms with E-state index in [1.54, 1.807) is 70.5 Å². The van der Waals surface area contributed by atoms with Crippen LogP contribution in [0.1, 0.15) is 44.5 Å². The molecule has 0 radical (unpaired) electrons. The fraction of sp³-hybridized carbons (Fsp3) is 0.333. The molecule has 12 heteroatoms. The molecule has 0 amide bonds. The van der Waals surface area contributed by atoms with Crippen molar-refractivity contribution in [2.24, 2.45) is 15.3 Å². The highest BCUT2D eigenvalue weighted by Gasteiger charge is 2.40. The summed E-state index contributed by atoms with van der Waals surface area (Å²) in [7, 11) is 0. The van der Waals surface area contributed by atoms with Crippen molar-refractivity contribution in [3.63, 3.8) is 0 Å². The molecule has 0 aromatic heterocycles. The van der Waals surface area contributed by atoms with E-state index >= 15 is 0 Å². The molecule has 12 nitrogen and oxygen atoms in total. The van der Waals surface area contributed by atoms with Crippen LogP contribution in [-0.2, 0) is 33.3 Å². The van der Waals surface area contributed by atoms with Crippen LogP contribution < -0.4 is 5.01 Å². The molecule has 3 rings (SSSR count). The van der Waals surface area contributed by atoms with Gasteiger partial charge in [-0.25, -0.2) is 19.2 Å². The second-order valence-corrected chi connectivity index (χ2v) is 8.97. The van der Waals surface area contributed by atoms with Gasteiger partial charge in [-0.2, -0.15) is 5.10 Å². The van der Waals surface area contributed by atoms with Crippen LogP contribution in [0.4, 0.5) is 5.69 Å². The lowest BCUT2D eigenvalue weighted by atomic mass is 10.0. The summed E-state index contributed by atoms with van der Waals surface area (Å²) < 4.78 is 21.2. The third-order valence-corrected chi connectivity index (χ3v) is 6.03. The molecule has 2 aliphatic rings. The Bertz CT molecular complexity index is 1360. The van der Waals surface area contributed by atoms with Crippen molar-refractivity contribution in [3.8, 4) is 0 Å². The van der Waals surface area contributed by atoms with E-state index in [0.29, 0.717) is 5.69 Å². The van der Waals surface area contributed by atoms with E-state index in [1.807, 2.05) is 0 Å². The van der Waals surface area contributed by atoms with Crippen LogP contribution in [0.15, 0.2) is 76.0 Å². The molecule has 1 aliphatic carbocycles. The number of hydrogen-bond donors (Lipinski definition) is 0. The summed E-state index contributed by atoms with van der Waals surface area (Å²) in [5, 5.41) is 13.6. The Labute approximate surface area is 244 Å². The number of carbonyl (C=O) groups excluding carboxylic acids is 4. The zero-order valence-electron chi connectivity index (χ0n) is 23.9. The van der Waals surface area contributed by atoms with Gasteiger partial charge in [-0.15, -0.1) is 10.2 Å². The van der Waals surface area contributed by atoms with Gasteiger partial charge >= 0.3 is 23.9 Å². The molecule has 0 N–H and O–H groups in total. The van der Waals surface area contributed by atoms with Gasteiger partial charge < -0.3 is 18.9 Å². The Morgan fingerprint density at radius 2 is 1.83 bits per heavy atom. The topological polar surface area (TPSA) is 146 Å². The molecule has 0 saturated heterocycles. The quantitative estimate of drug-likeness (QED) is 0.0909. The normalized spacial score (nSPS) is 18.4. The Hall–Kier alpha value is -5.00. The summed E-state index contributed by atoms with van der Waals surface area (Å²) >= 11 is 0. The van der Waals surface area contributed by atoms with E-state index in [1.165, 1.54) is 17.2 Å². The molecule has 3 atom stereocenters. The lowest BCUT2D eigenvalue weighted by Crippen LogP contribution is -2.40. The third kappa shape index (κ3) is 8.03. The Kier molecular flexibility index (Phi) is 11.4. The minimum absolute atomic E-state index is 0.0789. The van der Waals surface area contributed by atoms with Crippen LogP contribution in [-0.4, -0.2) is 73.0 Å². The molecule has 1 aromatic rings. The van der Waals surface area contributed by atoms with Gasteiger partial charge in [0.05, 0.1) is 48.7 Å². The van der Waals surface area contributed by atoms with Crippen LogP contribution in [0, 0.1) is 6.42 Å². The summed E-state index contributed by atoms with van der Waals surface area (Å²) in [6.45, 7) is 10.6. The number of hydrogen-bond acceptors (Lipinski definition) is 12. The molecule has 0 bridgehead atoms. The largest absolute Gasteiger partial charge is 0.462 e. The molecular weight excluding hydrogens is 544 g/mol. The van der Waals surface area contributed by atoms with Crippen LogP contribution in [0.2, 0.25) is 0 Å². The molecule has 1 unspecified atom stereocenters. The number of esters is 4. The van der Waals surface area contributed by atoms with E-state index < -0.39 is 42.1 Å². The van der Waals surface area contributed by atoms with E-state index in [0.717, 1.165) is 6.21 Å². The first kappa shape index (κ1) is 31.5. The summed E-state index contributed by atoms with van der Waals surface area (Å²) in [4.78, 5) is 50.4. The zero-order chi connectivity index (χ0) is 30.6. The molecule has 42 heavy (non-hydrogen) atoms. The second-order valence-electron chi connectivity index (χ2n) is 8.97. The van der Waals surface area contributed by atoms with Gasteiger partial charge in [0, 0.05) is 12.8 Å².